The first-order valence-electron chi connectivity index (χ1n) is 9.33. The van der Waals surface area contributed by atoms with Gasteiger partial charge in [-0.1, -0.05) is 12.6 Å². The van der Waals surface area contributed by atoms with Crippen molar-refractivity contribution in [2.45, 2.75) is 26.3 Å². The maximum Gasteiger partial charge on any atom is 0.275 e. The van der Waals surface area contributed by atoms with Crippen molar-refractivity contribution < 1.29 is 18.0 Å². The van der Waals surface area contributed by atoms with Crippen LogP contribution in [0.25, 0.3) is 0 Å². The molecule has 160 valence electrons. The van der Waals surface area contributed by atoms with Gasteiger partial charge in [-0.15, -0.1) is 0 Å². The van der Waals surface area contributed by atoms with Crippen LogP contribution in [0.1, 0.15) is 28.2 Å². The highest BCUT2D eigenvalue weighted by Gasteiger charge is 2.12. The number of halogens is 3. The molecule has 2 aromatic rings. The third kappa shape index (κ3) is 6.41. The highest BCUT2D eigenvalue weighted by atomic mass is 19.2. The standard InChI is InChI=1S/C21H24F3N5O/c1-4-15(22)20(24)16(23)6-5-11-29-12-19(26-13-29)28-21(30)18-8-7-14(2)17(27-18)9-10-25-3/h4,6-8,12-13,25H,1,5,9-11H2,2-3H3,(H,28,30)/b16-6+,20-15-. The minimum Gasteiger partial charge on any atom is -0.335 e. The van der Waals surface area contributed by atoms with Gasteiger partial charge in [-0.3, -0.25) is 4.79 Å². The van der Waals surface area contributed by atoms with Gasteiger partial charge in [0.25, 0.3) is 5.91 Å². The van der Waals surface area contributed by atoms with Gasteiger partial charge in [-0.2, -0.15) is 0 Å². The lowest BCUT2D eigenvalue weighted by molar-refractivity contribution is 0.102. The molecule has 9 heteroatoms. The number of pyridine rings is 1. The van der Waals surface area contributed by atoms with Crippen LogP contribution in [0, 0.1) is 6.92 Å². The van der Waals surface area contributed by atoms with Gasteiger partial charge in [0.05, 0.1) is 6.33 Å². The second-order valence-electron chi connectivity index (χ2n) is 6.47. The van der Waals surface area contributed by atoms with Crippen LogP contribution in [0.2, 0.25) is 0 Å². The quantitative estimate of drug-likeness (QED) is 0.567. The molecule has 0 aromatic carbocycles. The predicted molar refractivity (Wildman–Crippen MR) is 110 cm³/mol. The van der Waals surface area contributed by atoms with E-state index in [1.54, 1.807) is 16.8 Å². The molecule has 0 unspecified atom stereocenters. The Morgan fingerprint density at radius 2 is 2.07 bits per heavy atom. The zero-order valence-electron chi connectivity index (χ0n) is 16.9. The zero-order valence-corrected chi connectivity index (χ0v) is 16.9. The van der Waals surface area contributed by atoms with Crippen LogP contribution in [-0.4, -0.2) is 34.0 Å². The smallest absolute Gasteiger partial charge is 0.275 e. The maximum atomic E-state index is 13.5. The Morgan fingerprint density at radius 1 is 1.30 bits per heavy atom. The summed E-state index contributed by atoms with van der Waals surface area (Å²) in [5, 5.41) is 5.70. The predicted octanol–water partition coefficient (Wildman–Crippen LogP) is 4.18. The lowest BCUT2D eigenvalue weighted by Gasteiger charge is -2.07. The summed E-state index contributed by atoms with van der Waals surface area (Å²) >= 11 is 0. The summed E-state index contributed by atoms with van der Waals surface area (Å²) in [7, 11) is 1.85. The molecule has 0 aliphatic heterocycles. The first-order chi connectivity index (χ1) is 14.3. The van der Waals surface area contributed by atoms with E-state index in [0.29, 0.717) is 18.3 Å². The number of aryl methyl sites for hydroxylation is 2. The van der Waals surface area contributed by atoms with Crippen LogP contribution >= 0.6 is 0 Å². The Bertz CT molecular complexity index is 965. The molecule has 1 amide bonds. The van der Waals surface area contributed by atoms with Gasteiger partial charge >= 0.3 is 0 Å². The lowest BCUT2D eigenvalue weighted by Crippen LogP contribution is -2.17. The topological polar surface area (TPSA) is 71.8 Å². The molecular weight excluding hydrogens is 395 g/mol. The lowest BCUT2D eigenvalue weighted by atomic mass is 10.1. The molecule has 0 aliphatic carbocycles. The Morgan fingerprint density at radius 3 is 2.77 bits per heavy atom. The van der Waals surface area contributed by atoms with Crippen LogP contribution < -0.4 is 10.6 Å². The molecule has 30 heavy (non-hydrogen) atoms. The van der Waals surface area contributed by atoms with Crippen molar-refractivity contribution in [3.8, 4) is 0 Å². The molecule has 0 saturated heterocycles. The molecule has 0 bridgehead atoms. The van der Waals surface area contributed by atoms with Crippen molar-refractivity contribution in [3.63, 3.8) is 0 Å². The SMILES string of the molecule is C=C/C(F)=C(F)\C(F)=C/CCn1cnc(NC(=O)c2ccc(C)c(CCNC)n2)c1. The summed E-state index contributed by atoms with van der Waals surface area (Å²) in [4.78, 5) is 20.9. The van der Waals surface area contributed by atoms with E-state index in [-0.39, 0.29) is 18.7 Å². The van der Waals surface area contributed by atoms with Crippen LogP contribution in [-0.2, 0) is 13.0 Å². The summed E-state index contributed by atoms with van der Waals surface area (Å²) in [6.45, 7) is 5.99. The van der Waals surface area contributed by atoms with Crippen molar-refractivity contribution in [2.24, 2.45) is 0 Å². The molecule has 0 saturated carbocycles. The number of carbonyl (C=O) groups excluding carboxylic acids is 1. The summed E-state index contributed by atoms with van der Waals surface area (Å²) < 4.78 is 41.3. The third-order valence-electron chi connectivity index (χ3n) is 4.23. The van der Waals surface area contributed by atoms with Gasteiger partial charge in [-0.25, -0.2) is 23.1 Å². The molecule has 2 N–H and O–H groups in total. The van der Waals surface area contributed by atoms with Crippen LogP contribution in [0.3, 0.4) is 0 Å². The first kappa shape index (κ1) is 23.1. The van der Waals surface area contributed by atoms with E-state index in [4.69, 9.17) is 0 Å². The Balaban J connectivity index is 1.97. The molecule has 0 radical (unpaired) electrons. The van der Waals surface area contributed by atoms with E-state index < -0.39 is 23.4 Å². The maximum absolute atomic E-state index is 13.5. The van der Waals surface area contributed by atoms with E-state index in [1.165, 1.54) is 6.33 Å². The number of amides is 1. The highest BCUT2D eigenvalue weighted by molar-refractivity contribution is 6.02. The summed E-state index contributed by atoms with van der Waals surface area (Å²) in [5.41, 5.74) is 2.12. The second kappa shape index (κ2) is 11.1. The number of imidazole rings is 1. The number of aromatic nitrogens is 3. The van der Waals surface area contributed by atoms with Crippen molar-refractivity contribution in [1.82, 2.24) is 19.9 Å². The van der Waals surface area contributed by atoms with E-state index in [1.807, 2.05) is 20.0 Å². The molecule has 2 aromatic heterocycles. The Labute approximate surface area is 173 Å². The van der Waals surface area contributed by atoms with E-state index in [9.17, 15) is 18.0 Å². The van der Waals surface area contributed by atoms with Gasteiger partial charge in [0.2, 0.25) is 0 Å². The van der Waals surface area contributed by atoms with Gasteiger partial charge in [0.1, 0.15) is 5.69 Å². The van der Waals surface area contributed by atoms with Crippen molar-refractivity contribution in [3.05, 3.63) is 77.8 Å². The Hall–Kier alpha value is -3.20. The van der Waals surface area contributed by atoms with Crippen molar-refractivity contribution in [2.75, 3.05) is 18.9 Å². The average Bonchev–Trinajstić information content (AvgIpc) is 3.18. The van der Waals surface area contributed by atoms with Crippen LogP contribution in [0.5, 0.6) is 0 Å². The van der Waals surface area contributed by atoms with Gasteiger partial charge in [0, 0.05) is 31.4 Å². The number of anilines is 1. The molecular formula is C21H24F3N5O. The molecule has 6 nitrogen and oxygen atoms in total. The third-order valence-corrected chi connectivity index (χ3v) is 4.23. The van der Waals surface area contributed by atoms with Gasteiger partial charge < -0.3 is 15.2 Å². The minimum absolute atomic E-state index is 0.0990. The number of nitrogens with one attached hydrogen (secondary N) is 2. The number of nitrogens with zero attached hydrogens (tertiary/aromatic N) is 3. The van der Waals surface area contributed by atoms with Crippen molar-refractivity contribution in [1.29, 1.82) is 0 Å². The molecule has 0 atom stereocenters. The fraction of sp³-hybridized carbons (Fsp3) is 0.286. The van der Waals surface area contributed by atoms with Crippen LogP contribution in [0.4, 0.5) is 19.0 Å². The van der Waals surface area contributed by atoms with Gasteiger partial charge in [-0.05, 0) is 44.2 Å². The van der Waals surface area contributed by atoms with Gasteiger partial charge in [0.15, 0.2) is 23.3 Å². The number of rotatable bonds is 10. The number of likely N-dealkylation sites (N-methyl/N-ethyl adjacent to an activating group) is 1. The second-order valence-corrected chi connectivity index (χ2v) is 6.47. The summed E-state index contributed by atoms with van der Waals surface area (Å²) in [6.07, 6.45) is 5.32. The molecule has 2 heterocycles. The fourth-order valence-electron chi connectivity index (χ4n) is 2.55. The van der Waals surface area contributed by atoms with E-state index in [0.717, 1.165) is 23.9 Å². The molecule has 0 spiro atoms. The summed E-state index contributed by atoms with van der Waals surface area (Å²) in [5.74, 6) is -4.32. The zero-order chi connectivity index (χ0) is 22.1. The number of carbonyl (C=O) groups is 1. The molecule has 0 aliphatic rings. The minimum atomic E-state index is -1.58. The number of hydrogen-bond donors (Lipinski definition) is 2. The molecule has 0 fully saturated rings. The average molecular weight is 419 g/mol. The normalized spacial score (nSPS) is 12.5. The highest BCUT2D eigenvalue weighted by Crippen LogP contribution is 2.20. The van der Waals surface area contributed by atoms with Crippen molar-refractivity contribution >= 4 is 11.7 Å². The summed E-state index contributed by atoms with van der Waals surface area (Å²) in [6, 6.07) is 3.48. The largest absolute Gasteiger partial charge is 0.335 e. The monoisotopic (exact) mass is 419 g/mol. The Kier molecular flexibility index (Phi) is 8.54. The number of allylic oxidation sites excluding steroid dienone is 5. The number of hydrogen-bond acceptors (Lipinski definition) is 4. The fourth-order valence-corrected chi connectivity index (χ4v) is 2.55. The van der Waals surface area contributed by atoms with Crippen LogP contribution in [0.15, 0.2) is 60.9 Å². The molecule has 2 rings (SSSR count). The van der Waals surface area contributed by atoms with E-state index in [2.05, 4.69) is 27.2 Å². The first-order valence-corrected chi connectivity index (χ1v) is 9.33. The van der Waals surface area contributed by atoms with E-state index >= 15 is 0 Å².